The van der Waals surface area contributed by atoms with Gasteiger partial charge in [-0.2, -0.15) is 0 Å². The Morgan fingerprint density at radius 3 is 2.47 bits per heavy atom. The van der Waals surface area contributed by atoms with Gasteiger partial charge in [-0.1, -0.05) is 19.1 Å². The van der Waals surface area contributed by atoms with Crippen LogP contribution in [0.5, 0.6) is 0 Å². The Balaban J connectivity index is 1.71. The molecule has 0 radical (unpaired) electrons. The van der Waals surface area contributed by atoms with Crippen LogP contribution in [0, 0.1) is 12.7 Å². The van der Waals surface area contributed by atoms with E-state index in [0.717, 1.165) is 0 Å². The number of halogens is 1. The van der Waals surface area contributed by atoms with Crippen molar-refractivity contribution in [3.63, 3.8) is 0 Å². The number of amides is 1. The van der Waals surface area contributed by atoms with Gasteiger partial charge in [0.2, 0.25) is 10.0 Å². The smallest absolute Gasteiger partial charge is 0.251 e. The monoisotopic (exact) mass is 463 g/mol. The van der Waals surface area contributed by atoms with Gasteiger partial charge in [0.1, 0.15) is 5.82 Å². The van der Waals surface area contributed by atoms with Crippen LogP contribution in [-0.2, 0) is 21.3 Å². The number of morpholine rings is 1. The number of nitrogens with one attached hydrogen (secondary N) is 2. The van der Waals surface area contributed by atoms with Crippen molar-refractivity contribution >= 4 is 21.6 Å². The van der Waals surface area contributed by atoms with Crippen molar-refractivity contribution in [2.45, 2.75) is 51.3 Å². The van der Waals surface area contributed by atoms with Crippen molar-refractivity contribution in [2.75, 3.05) is 24.5 Å². The number of carbonyl (C=O) groups is 1. The second-order valence-corrected chi connectivity index (χ2v) is 9.88. The van der Waals surface area contributed by atoms with Crippen LogP contribution in [0.4, 0.5) is 10.1 Å². The molecular formula is C23H30FN3O4S. The van der Waals surface area contributed by atoms with E-state index in [0.29, 0.717) is 29.9 Å². The summed E-state index contributed by atoms with van der Waals surface area (Å²) in [6.45, 7) is 8.94. The first-order valence-electron chi connectivity index (χ1n) is 10.7. The molecule has 2 aromatic carbocycles. The van der Waals surface area contributed by atoms with E-state index >= 15 is 0 Å². The minimum absolute atomic E-state index is 0.0208. The number of hydrogen-bond acceptors (Lipinski definition) is 5. The Morgan fingerprint density at radius 2 is 1.84 bits per heavy atom. The number of rotatable bonds is 7. The summed E-state index contributed by atoms with van der Waals surface area (Å²) in [6.07, 6.45) is 0.0416. The second-order valence-electron chi connectivity index (χ2n) is 8.11. The number of sulfonamides is 1. The van der Waals surface area contributed by atoms with Crippen molar-refractivity contribution in [1.29, 1.82) is 0 Å². The standard InChI is InChI=1S/C23H30FN3O4S/c1-5-26-32(29,30)19-8-6-15(2)20(11-19)23(28)25-12-18-7-9-22(21(24)10-18)27-13-16(3)31-17(4)14-27/h6-11,16-17,26H,5,12-14H2,1-4H3,(H,25,28). The Hall–Kier alpha value is -2.49. The summed E-state index contributed by atoms with van der Waals surface area (Å²) in [4.78, 5) is 14.7. The van der Waals surface area contributed by atoms with Gasteiger partial charge >= 0.3 is 0 Å². The quantitative estimate of drug-likeness (QED) is 0.659. The molecule has 0 saturated carbocycles. The van der Waals surface area contributed by atoms with Gasteiger partial charge in [0.15, 0.2) is 0 Å². The highest BCUT2D eigenvalue weighted by Gasteiger charge is 2.24. The summed E-state index contributed by atoms with van der Waals surface area (Å²) in [5.41, 5.74) is 2.04. The zero-order valence-electron chi connectivity index (χ0n) is 18.8. The van der Waals surface area contributed by atoms with Gasteiger partial charge in [-0.25, -0.2) is 17.5 Å². The number of nitrogens with zero attached hydrogens (tertiary/aromatic N) is 1. The van der Waals surface area contributed by atoms with Gasteiger partial charge in [0.25, 0.3) is 5.91 Å². The van der Waals surface area contributed by atoms with Gasteiger partial charge in [0.05, 0.1) is 22.8 Å². The Labute approximate surface area is 189 Å². The Kier molecular flexibility index (Phi) is 7.53. The summed E-state index contributed by atoms with van der Waals surface area (Å²) in [5.74, 6) is -0.774. The van der Waals surface area contributed by atoms with E-state index in [2.05, 4.69) is 10.0 Å². The molecule has 0 spiro atoms. The highest BCUT2D eigenvalue weighted by atomic mass is 32.2. The SMILES string of the molecule is CCNS(=O)(=O)c1ccc(C)c(C(=O)NCc2ccc(N3CC(C)OC(C)C3)c(F)c2)c1. The molecule has 1 amide bonds. The zero-order chi connectivity index (χ0) is 23.5. The van der Waals surface area contributed by atoms with Crippen LogP contribution in [0.2, 0.25) is 0 Å². The first-order valence-corrected chi connectivity index (χ1v) is 12.2. The highest BCUT2D eigenvalue weighted by Crippen LogP contribution is 2.24. The van der Waals surface area contributed by atoms with Crippen LogP contribution in [-0.4, -0.2) is 46.2 Å². The summed E-state index contributed by atoms with van der Waals surface area (Å²) >= 11 is 0. The molecule has 32 heavy (non-hydrogen) atoms. The molecule has 0 bridgehead atoms. The molecule has 1 aliphatic heterocycles. The Morgan fingerprint density at radius 1 is 1.16 bits per heavy atom. The maximum atomic E-state index is 14.8. The van der Waals surface area contributed by atoms with E-state index < -0.39 is 15.9 Å². The summed E-state index contributed by atoms with van der Waals surface area (Å²) in [6, 6.07) is 9.33. The number of carbonyl (C=O) groups excluding carboxylic acids is 1. The molecule has 1 fully saturated rings. The lowest BCUT2D eigenvalue weighted by molar-refractivity contribution is -0.00539. The first-order chi connectivity index (χ1) is 15.1. The lowest BCUT2D eigenvalue weighted by atomic mass is 10.1. The molecule has 0 aliphatic carbocycles. The van der Waals surface area contributed by atoms with Crippen LogP contribution in [0.3, 0.4) is 0 Å². The minimum atomic E-state index is -3.67. The largest absolute Gasteiger partial charge is 0.372 e. The topological polar surface area (TPSA) is 87.7 Å². The molecule has 2 aromatic rings. The highest BCUT2D eigenvalue weighted by molar-refractivity contribution is 7.89. The van der Waals surface area contributed by atoms with Gasteiger partial charge in [-0.05, 0) is 56.2 Å². The van der Waals surface area contributed by atoms with Gasteiger partial charge < -0.3 is 15.0 Å². The van der Waals surface area contributed by atoms with E-state index in [-0.39, 0.29) is 41.6 Å². The Bertz CT molecular complexity index is 1080. The molecule has 0 aromatic heterocycles. The molecule has 7 nitrogen and oxygen atoms in total. The third-order valence-corrected chi connectivity index (χ3v) is 6.87. The average Bonchev–Trinajstić information content (AvgIpc) is 2.71. The number of ether oxygens (including phenoxy) is 1. The molecule has 1 saturated heterocycles. The van der Waals surface area contributed by atoms with Gasteiger partial charge in [-0.3, -0.25) is 4.79 Å². The molecule has 2 N–H and O–H groups in total. The number of benzene rings is 2. The molecule has 9 heteroatoms. The van der Waals surface area contributed by atoms with Gasteiger partial charge in [0, 0.05) is 31.7 Å². The van der Waals surface area contributed by atoms with E-state index in [1.165, 1.54) is 18.2 Å². The predicted molar refractivity (Wildman–Crippen MR) is 122 cm³/mol. The van der Waals surface area contributed by atoms with E-state index in [1.807, 2.05) is 18.7 Å². The first kappa shape index (κ1) is 24.2. The maximum absolute atomic E-state index is 14.8. The van der Waals surface area contributed by atoms with Crippen molar-refractivity contribution < 1.29 is 22.3 Å². The predicted octanol–water partition coefficient (Wildman–Crippen LogP) is 2.98. The molecule has 2 unspecified atom stereocenters. The fourth-order valence-electron chi connectivity index (χ4n) is 3.86. The number of hydrogen-bond donors (Lipinski definition) is 2. The molecule has 2 atom stereocenters. The summed E-state index contributed by atoms with van der Waals surface area (Å²) in [5, 5.41) is 2.75. The van der Waals surface area contributed by atoms with E-state index in [4.69, 9.17) is 4.74 Å². The fourth-order valence-corrected chi connectivity index (χ4v) is 4.92. The maximum Gasteiger partial charge on any atom is 0.251 e. The summed E-state index contributed by atoms with van der Waals surface area (Å²) in [7, 11) is -3.67. The zero-order valence-corrected chi connectivity index (χ0v) is 19.6. The van der Waals surface area contributed by atoms with E-state index in [9.17, 15) is 17.6 Å². The molecule has 1 heterocycles. The van der Waals surface area contributed by atoms with Crippen molar-refractivity contribution in [3.05, 3.63) is 58.9 Å². The van der Waals surface area contributed by atoms with Gasteiger partial charge in [-0.15, -0.1) is 0 Å². The third-order valence-electron chi connectivity index (χ3n) is 5.32. The van der Waals surface area contributed by atoms with Crippen LogP contribution in [0.1, 0.15) is 42.3 Å². The minimum Gasteiger partial charge on any atom is -0.372 e. The molecule has 174 valence electrons. The van der Waals surface area contributed by atoms with E-state index in [1.54, 1.807) is 32.0 Å². The van der Waals surface area contributed by atoms with Crippen LogP contribution < -0.4 is 14.9 Å². The molecule has 3 rings (SSSR count). The molecular weight excluding hydrogens is 433 g/mol. The fraction of sp³-hybridized carbons (Fsp3) is 0.435. The van der Waals surface area contributed by atoms with Crippen molar-refractivity contribution in [2.24, 2.45) is 0 Å². The molecule has 1 aliphatic rings. The summed E-state index contributed by atoms with van der Waals surface area (Å²) < 4.78 is 47.4. The average molecular weight is 464 g/mol. The van der Waals surface area contributed by atoms with Crippen molar-refractivity contribution in [1.82, 2.24) is 10.0 Å². The third kappa shape index (κ3) is 5.65. The number of aryl methyl sites for hydroxylation is 1. The van der Waals surface area contributed by atoms with Crippen LogP contribution in [0.15, 0.2) is 41.3 Å². The normalized spacial score (nSPS) is 19.1. The van der Waals surface area contributed by atoms with Crippen LogP contribution >= 0.6 is 0 Å². The number of anilines is 1. The van der Waals surface area contributed by atoms with Crippen LogP contribution in [0.25, 0.3) is 0 Å². The lowest BCUT2D eigenvalue weighted by Gasteiger charge is -2.37. The van der Waals surface area contributed by atoms with Crippen molar-refractivity contribution in [3.8, 4) is 0 Å². The lowest BCUT2D eigenvalue weighted by Crippen LogP contribution is -2.45. The second kappa shape index (κ2) is 9.97.